The molecule has 3 N–H and O–H groups in total. The number of carbonyl (C=O) groups excluding carboxylic acids is 1. The van der Waals surface area contributed by atoms with Crippen molar-refractivity contribution < 1.29 is 24.3 Å². The molecule has 1 fully saturated rings. The van der Waals surface area contributed by atoms with Crippen LogP contribution in [-0.2, 0) is 16.0 Å². The van der Waals surface area contributed by atoms with E-state index in [0.717, 1.165) is 5.56 Å². The highest BCUT2D eigenvalue weighted by molar-refractivity contribution is 5.76. The summed E-state index contributed by atoms with van der Waals surface area (Å²) < 4.78 is 10.4. The number of amides is 1. The van der Waals surface area contributed by atoms with Crippen molar-refractivity contribution in [1.82, 2.24) is 15.5 Å². The predicted molar refractivity (Wildman–Crippen MR) is 87.4 cm³/mol. The molecular formula is C17H21N3O5. The summed E-state index contributed by atoms with van der Waals surface area (Å²) in [6, 6.07) is 9.01. The second kappa shape index (κ2) is 8.19. The molecule has 3 rings (SSSR count). The van der Waals surface area contributed by atoms with E-state index in [1.165, 1.54) is 0 Å². The summed E-state index contributed by atoms with van der Waals surface area (Å²) in [7, 11) is 0. The Morgan fingerprint density at radius 1 is 1.32 bits per heavy atom. The van der Waals surface area contributed by atoms with Crippen LogP contribution in [-0.4, -0.2) is 57.7 Å². The smallest absolute Gasteiger partial charge is 0.227 e. The third-order valence-corrected chi connectivity index (χ3v) is 4.15. The summed E-state index contributed by atoms with van der Waals surface area (Å²) in [5.41, 5.74) is 0.849. The molecule has 0 bridgehead atoms. The first-order valence-corrected chi connectivity index (χ1v) is 8.25. The minimum atomic E-state index is -0.921. The molecular weight excluding hydrogens is 326 g/mol. The van der Waals surface area contributed by atoms with Crippen LogP contribution in [0.5, 0.6) is 0 Å². The highest BCUT2D eigenvalue weighted by atomic mass is 16.5. The van der Waals surface area contributed by atoms with Gasteiger partial charge in [0.05, 0.1) is 12.6 Å². The van der Waals surface area contributed by atoms with E-state index in [0.29, 0.717) is 31.2 Å². The summed E-state index contributed by atoms with van der Waals surface area (Å²) in [6.07, 6.45) is -0.597. The van der Waals surface area contributed by atoms with Gasteiger partial charge in [-0.05, 0) is 6.42 Å². The van der Waals surface area contributed by atoms with Crippen molar-refractivity contribution >= 4 is 5.91 Å². The molecule has 1 aliphatic heterocycles. The molecule has 1 aliphatic rings. The first-order valence-electron chi connectivity index (χ1n) is 8.25. The molecule has 1 saturated heterocycles. The van der Waals surface area contributed by atoms with Crippen molar-refractivity contribution in [3.63, 3.8) is 0 Å². The molecule has 8 nitrogen and oxygen atoms in total. The Hall–Kier alpha value is -2.29. The number of aliphatic hydroxyl groups is 2. The van der Waals surface area contributed by atoms with Gasteiger partial charge in [0.15, 0.2) is 0 Å². The molecule has 0 radical (unpaired) electrons. The number of hydrogen-bond donors (Lipinski definition) is 3. The Morgan fingerprint density at radius 3 is 2.88 bits per heavy atom. The quantitative estimate of drug-likeness (QED) is 0.688. The van der Waals surface area contributed by atoms with Gasteiger partial charge >= 0.3 is 0 Å². The summed E-state index contributed by atoms with van der Waals surface area (Å²) in [6.45, 7) is 0.106. The maximum absolute atomic E-state index is 12.1. The van der Waals surface area contributed by atoms with E-state index in [1.807, 2.05) is 30.3 Å². The topological polar surface area (TPSA) is 118 Å². The maximum Gasteiger partial charge on any atom is 0.227 e. The second-order valence-corrected chi connectivity index (χ2v) is 5.92. The molecule has 2 heterocycles. The number of nitrogens with one attached hydrogen (secondary N) is 1. The SMILES string of the molecule is O=C(CCc1nc(-c2ccccc2)no1)N[C@H]1CCO[C@H](CO)[C@H]1O. The largest absolute Gasteiger partial charge is 0.394 e. The minimum absolute atomic E-state index is 0.171. The lowest BCUT2D eigenvalue weighted by Gasteiger charge is -2.34. The number of aromatic nitrogens is 2. The van der Waals surface area contributed by atoms with Crippen LogP contribution >= 0.6 is 0 Å². The lowest BCUT2D eigenvalue weighted by atomic mass is 10.00. The molecule has 134 valence electrons. The van der Waals surface area contributed by atoms with Crippen LogP contribution < -0.4 is 5.32 Å². The predicted octanol–water partition coefficient (Wildman–Crippen LogP) is 0.296. The molecule has 0 spiro atoms. The van der Waals surface area contributed by atoms with Crippen molar-refractivity contribution in [3.8, 4) is 11.4 Å². The molecule has 3 atom stereocenters. The fourth-order valence-corrected chi connectivity index (χ4v) is 2.75. The molecule has 8 heteroatoms. The van der Waals surface area contributed by atoms with Gasteiger partial charge in [-0.2, -0.15) is 4.98 Å². The molecule has 2 aromatic rings. The van der Waals surface area contributed by atoms with Crippen molar-refractivity contribution in [2.75, 3.05) is 13.2 Å². The maximum atomic E-state index is 12.1. The summed E-state index contributed by atoms with van der Waals surface area (Å²) in [5, 5.41) is 25.9. The van der Waals surface area contributed by atoms with Crippen LogP contribution in [0.1, 0.15) is 18.7 Å². The standard InChI is InChI=1S/C17H21N3O5/c21-10-13-16(23)12(8-9-24-13)18-14(22)6-7-15-19-17(20-25-15)11-4-2-1-3-5-11/h1-5,12-13,16,21,23H,6-10H2,(H,18,22)/t12-,13+,16-/m0/s1. The Morgan fingerprint density at radius 2 is 2.12 bits per heavy atom. The number of ether oxygens (including phenoxy) is 1. The van der Waals surface area contributed by atoms with Crippen LogP contribution in [0.15, 0.2) is 34.9 Å². The molecule has 0 unspecified atom stereocenters. The van der Waals surface area contributed by atoms with Crippen molar-refractivity contribution in [2.45, 2.75) is 37.5 Å². The van der Waals surface area contributed by atoms with Gasteiger partial charge in [0.1, 0.15) is 12.2 Å². The van der Waals surface area contributed by atoms with E-state index < -0.39 is 18.2 Å². The van der Waals surface area contributed by atoms with E-state index in [1.54, 1.807) is 0 Å². The third kappa shape index (κ3) is 4.41. The van der Waals surface area contributed by atoms with Crippen molar-refractivity contribution in [3.05, 3.63) is 36.2 Å². The summed E-state index contributed by atoms with van der Waals surface area (Å²) in [4.78, 5) is 16.4. The number of rotatable bonds is 6. The highest BCUT2D eigenvalue weighted by Crippen LogP contribution is 2.16. The van der Waals surface area contributed by atoms with E-state index in [2.05, 4.69) is 15.5 Å². The lowest BCUT2D eigenvalue weighted by molar-refractivity contribution is -0.131. The second-order valence-electron chi connectivity index (χ2n) is 5.92. The third-order valence-electron chi connectivity index (χ3n) is 4.15. The Bertz CT molecular complexity index is 691. The number of carbonyl (C=O) groups is 1. The van der Waals surface area contributed by atoms with Gasteiger partial charge in [-0.15, -0.1) is 0 Å². The molecule has 1 aromatic heterocycles. The number of aliphatic hydroxyl groups excluding tert-OH is 2. The molecule has 0 saturated carbocycles. The normalized spacial score (nSPS) is 23.4. The Labute approximate surface area is 144 Å². The van der Waals surface area contributed by atoms with E-state index in [-0.39, 0.29) is 18.9 Å². The molecule has 1 amide bonds. The van der Waals surface area contributed by atoms with E-state index in [4.69, 9.17) is 14.4 Å². The van der Waals surface area contributed by atoms with E-state index >= 15 is 0 Å². The van der Waals surface area contributed by atoms with Crippen molar-refractivity contribution in [2.24, 2.45) is 0 Å². The first-order chi connectivity index (χ1) is 12.2. The van der Waals surface area contributed by atoms with Crippen LogP contribution in [0.4, 0.5) is 0 Å². The number of nitrogens with zero attached hydrogens (tertiary/aromatic N) is 2. The van der Waals surface area contributed by atoms with Gasteiger partial charge in [0, 0.05) is 25.0 Å². The fraction of sp³-hybridized carbons (Fsp3) is 0.471. The first kappa shape index (κ1) is 17.5. The zero-order chi connectivity index (χ0) is 17.6. The fourth-order valence-electron chi connectivity index (χ4n) is 2.75. The number of aryl methyl sites for hydroxylation is 1. The van der Waals surface area contributed by atoms with Gasteiger partial charge in [0.2, 0.25) is 17.6 Å². The van der Waals surface area contributed by atoms with Gasteiger partial charge in [0.25, 0.3) is 0 Å². The average molecular weight is 347 g/mol. The zero-order valence-electron chi connectivity index (χ0n) is 13.7. The van der Waals surface area contributed by atoms with Gasteiger partial charge in [-0.25, -0.2) is 0 Å². The monoisotopic (exact) mass is 347 g/mol. The van der Waals surface area contributed by atoms with E-state index in [9.17, 15) is 9.90 Å². The minimum Gasteiger partial charge on any atom is -0.394 e. The van der Waals surface area contributed by atoms with Gasteiger partial charge < -0.3 is 24.8 Å². The molecule has 0 aliphatic carbocycles. The Kier molecular flexibility index (Phi) is 5.75. The van der Waals surface area contributed by atoms with Crippen molar-refractivity contribution in [1.29, 1.82) is 0 Å². The summed E-state index contributed by atoms with van der Waals surface area (Å²) in [5.74, 6) is 0.651. The average Bonchev–Trinajstić information content (AvgIpc) is 3.12. The highest BCUT2D eigenvalue weighted by Gasteiger charge is 2.33. The van der Waals surface area contributed by atoms with Gasteiger partial charge in [-0.3, -0.25) is 4.79 Å². The lowest BCUT2D eigenvalue weighted by Crippen LogP contribution is -2.54. The molecule has 1 aromatic carbocycles. The summed E-state index contributed by atoms with van der Waals surface area (Å²) >= 11 is 0. The molecule has 25 heavy (non-hydrogen) atoms. The van der Waals surface area contributed by atoms with Crippen LogP contribution in [0.25, 0.3) is 11.4 Å². The number of hydrogen-bond acceptors (Lipinski definition) is 7. The Balaban J connectivity index is 1.50. The van der Waals surface area contributed by atoms with Crippen LogP contribution in [0.3, 0.4) is 0 Å². The van der Waals surface area contributed by atoms with Crippen LogP contribution in [0, 0.1) is 0 Å². The number of benzene rings is 1. The van der Waals surface area contributed by atoms with Crippen LogP contribution in [0.2, 0.25) is 0 Å². The zero-order valence-corrected chi connectivity index (χ0v) is 13.7. The van der Waals surface area contributed by atoms with Gasteiger partial charge in [-0.1, -0.05) is 35.5 Å².